The maximum atomic E-state index is 13.7. The Balaban J connectivity index is 2.40. The average molecular weight is 278 g/mol. The maximum Gasteiger partial charge on any atom is 0.123 e. The standard InChI is InChI=1S/C17H27FN2/c1-4-20-10-6-5-7-14(12-19-3)17(20)16-11-15(18)9-8-13(16)2/h8-9,11,14,17,19H,4-7,10,12H2,1-3H3. The van der Waals surface area contributed by atoms with Gasteiger partial charge in [0.15, 0.2) is 0 Å². The van der Waals surface area contributed by atoms with Gasteiger partial charge in [-0.05, 0) is 75.6 Å². The molecule has 0 spiro atoms. The van der Waals surface area contributed by atoms with Crippen molar-refractivity contribution >= 4 is 0 Å². The minimum Gasteiger partial charge on any atom is -0.319 e. The van der Waals surface area contributed by atoms with Crippen LogP contribution in [0.25, 0.3) is 0 Å². The van der Waals surface area contributed by atoms with Crippen molar-refractivity contribution < 1.29 is 4.39 Å². The molecule has 0 radical (unpaired) electrons. The van der Waals surface area contributed by atoms with Gasteiger partial charge >= 0.3 is 0 Å². The Morgan fingerprint density at radius 3 is 2.85 bits per heavy atom. The quantitative estimate of drug-likeness (QED) is 0.906. The third-order valence-corrected chi connectivity index (χ3v) is 4.54. The molecule has 0 saturated carbocycles. The molecule has 2 unspecified atom stereocenters. The molecule has 1 aromatic carbocycles. The highest BCUT2D eigenvalue weighted by Crippen LogP contribution is 2.36. The van der Waals surface area contributed by atoms with Gasteiger partial charge in [0.25, 0.3) is 0 Å². The van der Waals surface area contributed by atoms with Gasteiger partial charge in [0.2, 0.25) is 0 Å². The van der Waals surface area contributed by atoms with Gasteiger partial charge in [-0.2, -0.15) is 0 Å². The van der Waals surface area contributed by atoms with Crippen LogP contribution in [0.5, 0.6) is 0 Å². The topological polar surface area (TPSA) is 15.3 Å². The van der Waals surface area contributed by atoms with Gasteiger partial charge < -0.3 is 5.32 Å². The molecule has 1 saturated heterocycles. The summed E-state index contributed by atoms with van der Waals surface area (Å²) in [5, 5.41) is 3.32. The zero-order valence-electron chi connectivity index (χ0n) is 13.0. The number of halogens is 1. The first-order valence-electron chi connectivity index (χ1n) is 7.82. The normalized spacial score (nSPS) is 24.6. The zero-order valence-corrected chi connectivity index (χ0v) is 13.0. The summed E-state index contributed by atoms with van der Waals surface area (Å²) < 4.78 is 13.7. The fourth-order valence-corrected chi connectivity index (χ4v) is 3.53. The molecule has 0 bridgehead atoms. The average Bonchev–Trinajstić information content (AvgIpc) is 2.64. The van der Waals surface area contributed by atoms with Crippen molar-refractivity contribution in [2.24, 2.45) is 5.92 Å². The lowest BCUT2D eigenvalue weighted by Gasteiger charge is -2.35. The smallest absolute Gasteiger partial charge is 0.123 e. The third-order valence-electron chi connectivity index (χ3n) is 4.54. The van der Waals surface area contributed by atoms with Gasteiger partial charge in [0.05, 0.1) is 0 Å². The fourth-order valence-electron chi connectivity index (χ4n) is 3.53. The number of aryl methyl sites for hydroxylation is 1. The van der Waals surface area contributed by atoms with Crippen LogP contribution in [0, 0.1) is 18.7 Å². The van der Waals surface area contributed by atoms with Gasteiger partial charge in [-0.25, -0.2) is 4.39 Å². The molecule has 1 heterocycles. The van der Waals surface area contributed by atoms with Gasteiger partial charge in [-0.1, -0.05) is 19.4 Å². The van der Waals surface area contributed by atoms with E-state index in [-0.39, 0.29) is 5.82 Å². The van der Waals surface area contributed by atoms with Gasteiger partial charge in [0.1, 0.15) is 5.82 Å². The van der Waals surface area contributed by atoms with E-state index in [9.17, 15) is 4.39 Å². The van der Waals surface area contributed by atoms with E-state index in [1.54, 1.807) is 12.1 Å². The molecule has 1 aliphatic rings. The zero-order chi connectivity index (χ0) is 14.5. The van der Waals surface area contributed by atoms with Crippen molar-refractivity contribution in [1.29, 1.82) is 0 Å². The summed E-state index contributed by atoms with van der Waals surface area (Å²) in [6.45, 7) is 7.46. The Labute approximate surface area is 122 Å². The molecule has 1 fully saturated rings. The predicted octanol–water partition coefficient (Wildman–Crippen LogP) is 3.52. The first-order chi connectivity index (χ1) is 9.67. The van der Waals surface area contributed by atoms with E-state index < -0.39 is 0 Å². The summed E-state index contributed by atoms with van der Waals surface area (Å²) in [5.41, 5.74) is 2.38. The van der Waals surface area contributed by atoms with Crippen LogP contribution in [0.2, 0.25) is 0 Å². The molecule has 3 heteroatoms. The number of likely N-dealkylation sites (tertiary alicyclic amines) is 1. The van der Waals surface area contributed by atoms with Crippen LogP contribution in [0.15, 0.2) is 18.2 Å². The first-order valence-corrected chi connectivity index (χ1v) is 7.82. The predicted molar refractivity (Wildman–Crippen MR) is 82.4 cm³/mol. The first kappa shape index (κ1) is 15.5. The van der Waals surface area contributed by atoms with Crippen molar-refractivity contribution in [3.05, 3.63) is 35.1 Å². The summed E-state index contributed by atoms with van der Waals surface area (Å²) >= 11 is 0. The van der Waals surface area contributed by atoms with Crippen molar-refractivity contribution in [1.82, 2.24) is 10.2 Å². The fraction of sp³-hybridized carbons (Fsp3) is 0.647. The second-order valence-corrected chi connectivity index (χ2v) is 5.89. The van der Waals surface area contributed by atoms with Crippen LogP contribution in [0.4, 0.5) is 4.39 Å². The van der Waals surface area contributed by atoms with Gasteiger partial charge in [-0.3, -0.25) is 4.90 Å². The lowest BCUT2D eigenvalue weighted by Crippen LogP contribution is -2.36. The van der Waals surface area contributed by atoms with E-state index in [1.807, 2.05) is 13.1 Å². The van der Waals surface area contributed by atoms with Crippen LogP contribution in [0.3, 0.4) is 0 Å². The molecule has 2 rings (SSSR count). The van der Waals surface area contributed by atoms with Crippen LogP contribution in [-0.4, -0.2) is 31.6 Å². The van der Waals surface area contributed by atoms with Crippen LogP contribution < -0.4 is 5.32 Å². The molecule has 0 amide bonds. The Hall–Kier alpha value is -0.930. The summed E-state index contributed by atoms with van der Waals surface area (Å²) in [6.07, 6.45) is 3.74. The minimum absolute atomic E-state index is 0.117. The number of nitrogens with one attached hydrogen (secondary N) is 1. The maximum absolute atomic E-state index is 13.7. The Morgan fingerprint density at radius 1 is 1.35 bits per heavy atom. The monoisotopic (exact) mass is 278 g/mol. The highest BCUT2D eigenvalue weighted by Gasteiger charge is 2.30. The summed E-state index contributed by atoms with van der Waals surface area (Å²) in [6, 6.07) is 5.57. The highest BCUT2D eigenvalue weighted by molar-refractivity contribution is 5.30. The molecule has 0 aliphatic carbocycles. The van der Waals surface area contributed by atoms with Crippen molar-refractivity contribution in [2.45, 2.75) is 39.2 Å². The lowest BCUT2D eigenvalue weighted by atomic mass is 9.87. The lowest BCUT2D eigenvalue weighted by molar-refractivity contribution is 0.161. The van der Waals surface area contributed by atoms with Crippen LogP contribution in [-0.2, 0) is 0 Å². The van der Waals surface area contributed by atoms with E-state index in [2.05, 4.69) is 24.1 Å². The second-order valence-electron chi connectivity index (χ2n) is 5.89. The number of benzene rings is 1. The van der Waals surface area contributed by atoms with Crippen molar-refractivity contribution in [3.63, 3.8) is 0 Å². The van der Waals surface area contributed by atoms with Gasteiger partial charge in [0, 0.05) is 6.04 Å². The number of nitrogens with zero attached hydrogens (tertiary/aromatic N) is 1. The SMILES string of the molecule is CCN1CCCCC(CNC)C1c1cc(F)ccc1C. The molecule has 2 nitrogen and oxygen atoms in total. The second kappa shape index (κ2) is 7.19. The molecule has 112 valence electrons. The molecular weight excluding hydrogens is 251 g/mol. The van der Waals surface area contributed by atoms with E-state index in [0.29, 0.717) is 12.0 Å². The molecule has 1 aliphatic heterocycles. The van der Waals surface area contributed by atoms with E-state index in [0.717, 1.165) is 19.6 Å². The Bertz CT molecular complexity index is 433. The highest BCUT2D eigenvalue weighted by atomic mass is 19.1. The minimum atomic E-state index is -0.117. The Kier molecular flexibility index (Phi) is 5.55. The largest absolute Gasteiger partial charge is 0.319 e. The summed E-state index contributed by atoms with van der Waals surface area (Å²) in [7, 11) is 2.01. The Morgan fingerprint density at radius 2 is 2.15 bits per heavy atom. The van der Waals surface area contributed by atoms with Crippen molar-refractivity contribution in [3.8, 4) is 0 Å². The molecular formula is C17H27FN2. The van der Waals surface area contributed by atoms with Crippen LogP contribution >= 0.6 is 0 Å². The molecule has 2 atom stereocenters. The van der Waals surface area contributed by atoms with Gasteiger partial charge in [-0.15, -0.1) is 0 Å². The summed E-state index contributed by atoms with van der Waals surface area (Å²) in [4.78, 5) is 2.52. The van der Waals surface area contributed by atoms with Crippen LogP contribution in [0.1, 0.15) is 43.4 Å². The number of hydrogen-bond acceptors (Lipinski definition) is 2. The number of hydrogen-bond donors (Lipinski definition) is 1. The molecule has 0 aromatic heterocycles. The van der Waals surface area contributed by atoms with E-state index in [1.165, 1.54) is 30.4 Å². The van der Waals surface area contributed by atoms with E-state index in [4.69, 9.17) is 0 Å². The van der Waals surface area contributed by atoms with E-state index >= 15 is 0 Å². The third kappa shape index (κ3) is 3.39. The van der Waals surface area contributed by atoms with Crippen molar-refractivity contribution in [2.75, 3.05) is 26.7 Å². The molecule has 20 heavy (non-hydrogen) atoms. The summed E-state index contributed by atoms with van der Waals surface area (Å²) in [5.74, 6) is 0.442. The molecule has 1 N–H and O–H groups in total. The number of rotatable bonds is 4. The molecule has 1 aromatic rings.